The predicted octanol–water partition coefficient (Wildman–Crippen LogP) is 0.204. The maximum absolute atomic E-state index is 12.0. The summed E-state index contributed by atoms with van der Waals surface area (Å²) in [5.74, 6) is 0. The van der Waals surface area contributed by atoms with Crippen LogP contribution >= 0.6 is 0 Å². The molecule has 1 aliphatic heterocycles. The van der Waals surface area contributed by atoms with E-state index in [1.807, 2.05) is 6.07 Å². The van der Waals surface area contributed by atoms with Crippen molar-refractivity contribution in [2.24, 2.45) is 0 Å². The molecule has 100 valence electrons. The van der Waals surface area contributed by atoms with Gasteiger partial charge in [-0.05, 0) is 23.3 Å². The lowest BCUT2D eigenvalue weighted by atomic mass is 10.1. The first kappa shape index (κ1) is 12.5. The molecule has 6 nitrogen and oxygen atoms in total. The van der Waals surface area contributed by atoms with E-state index in [4.69, 9.17) is 5.26 Å². The van der Waals surface area contributed by atoms with Gasteiger partial charge < -0.3 is 5.32 Å². The molecule has 0 fully saturated rings. The van der Waals surface area contributed by atoms with Crippen molar-refractivity contribution in [3.63, 3.8) is 0 Å². The first-order chi connectivity index (χ1) is 9.76. The summed E-state index contributed by atoms with van der Waals surface area (Å²) in [6.07, 6.45) is 2.40. The van der Waals surface area contributed by atoms with Gasteiger partial charge in [0.25, 0.3) is 5.56 Å². The molecule has 0 aromatic carbocycles. The molecule has 0 bridgehead atoms. The normalized spacial score (nSPS) is 13.6. The molecule has 3 rings (SSSR count). The minimum Gasteiger partial charge on any atom is -0.312 e. The Kier molecular flexibility index (Phi) is 3.27. The number of aromatic nitrogens is 3. The Morgan fingerprint density at radius 2 is 2.35 bits per heavy atom. The number of fused-ring (bicyclic) bond motifs is 1. The highest BCUT2D eigenvalue weighted by molar-refractivity contribution is 5.26. The molecule has 20 heavy (non-hydrogen) atoms. The average molecular weight is 267 g/mol. The van der Waals surface area contributed by atoms with Crippen LogP contribution < -0.4 is 10.9 Å². The zero-order chi connectivity index (χ0) is 13.9. The first-order valence-corrected chi connectivity index (χ1v) is 6.42. The molecule has 0 saturated heterocycles. The number of hydrogen-bond donors (Lipinski definition) is 1. The van der Waals surface area contributed by atoms with Crippen LogP contribution in [0.5, 0.6) is 0 Å². The number of hydrogen-bond acceptors (Lipinski definition) is 5. The molecule has 0 atom stereocenters. The highest BCUT2D eigenvalue weighted by Crippen LogP contribution is 2.08. The van der Waals surface area contributed by atoms with Crippen molar-refractivity contribution in [1.29, 1.82) is 5.26 Å². The fourth-order valence-electron chi connectivity index (χ4n) is 2.28. The Morgan fingerprint density at radius 1 is 1.45 bits per heavy atom. The number of nitrogens with one attached hydrogen (secondary N) is 1. The van der Waals surface area contributed by atoms with Gasteiger partial charge in [0.15, 0.2) is 0 Å². The molecular formula is C14H13N5O. The van der Waals surface area contributed by atoms with Gasteiger partial charge in [0.05, 0.1) is 12.2 Å². The van der Waals surface area contributed by atoms with Crippen LogP contribution in [0, 0.1) is 11.3 Å². The van der Waals surface area contributed by atoms with Crippen LogP contribution in [0.4, 0.5) is 0 Å². The standard InChI is InChI=1S/C14H13N5O/c15-7-12-5-10(1-4-17-12)9-19-14(20)6-11-8-16-3-2-13(11)18-19/h1,4-6,16H,2-3,8-9H2. The van der Waals surface area contributed by atoms with E-state index in [9.17, 15) is 4.79 Å². The molecular weight excluding hydrogens is 254 g/mol. The minimum atomic E-state index is -0.122. The van der Waals surface area contributed by atoms with Crippen LogP contribution in [-0.4, -0.2) is 21.3 Å². The Bertz CT molecular complexity index is 744. The van der Waals surface area contributed by atoms with Gasteiger partial charge in [-0.1, -0.05) is 0 Å². The molecule has 0 amide bonds. The largest absolute Gasteiger partial charge is 0.312 e. The van der Waals surface area contributed by atoms with E-state index in [1.165, 1.54) is 4.68 Å². The summed E-state index contributed by atoms with van der Waals surface area (Å²) >= 11 is 0. The van der Waals surface area contributed by atoms with Crippen molar-refractivity contribution in [3.8, 4) is 6.07 Å². The highest BCUT2D eigenvalue weighted by atomic mass is 16.1. The Balaban J connectivity index is 1.94. The highest BCUT2D eigenvalue weighted by Gasteiger charge is 2.12. The second-order valence-electron chi connectivity index (χ2n) is 4.70. The van der Waals surface area contributed by atoms with Gasteiger partial charge in [-0.3, -0.25) is 4.79 Å². The summed E-state index contributed by atoms with van der Waals surface area (Å²) in [5, 5.41) is 16.5. The quantitative estimate of drug-likeness (QED) is 0.840. The van der Waals surface area contributed by atoms with Crippen molar-refractivity contribution in [3.05, 3.63) is 57.3 Å². The maximum Gasteiger partial charge on any atom is 0.267 e. The summed E-state index contributed by atoms with van der Waals surface area (Å²) in [6.45, 7) is 1.94. The second-order valence-corrected chi connectivity index (χ2v) is 4.70. The fraction of sp³-hybridized carbons (Fsp3) is 0.286. The molecule has 0 aliphatic carbocycles. The number of nitriles is 1. The lowest BCUT2D eigenvalue weighted by molar-refractivity contribution is 0.562. The van der Waals surface area contributed by atoms with E-state index < -0.39 is 0 Å². The zero-order valence-electron chi connectivity index (χ0n) is 10.8. The number of nitrogens with zero attached hydrogens (tertiary/aromatic N) is 4. The molecule has 1 N–H and O–H groups in total. The Morgan fingerprint density at radius 3 is 3.20 bits per heavy atom. The summed E-state index contributed by atoms with van der Waals surface area (Å²) < 4.78 is 1.45. The van der Waals surface area contributed by atoms with Crippen molar-refractivity contribution < 1.29 is 0 Å². The van der Waals surface area contributed by atoms with Gasteiger partial charge in [-0.2, -0.15) is 10.4 Å². The number of pyridine rings is 1. The van der Waals surface area contributed by atoms with Crippen molar-refractivity contribution >= 4 is 0 Å². The molecule has 3 heterocycles. The van der Waals surface area contributed by atoms with Crippen molar-refractivity contribution in [1.82, 2.24) is 20.1 Å². The van der Waals surface area contributed by atoms with Crippen LogP contribution in [0.25, 0.3) is 0 Å². The average Bonchev–Trinajstić information content (AvgIpc) is 2.48. The molecule has 2 aromatic rings. The van der Waals surface area contributed by atoms with E-state index >= 15 is 0 Å². The number of rotatable bonds is 2. The molecule has 1 aliphatic rings. The Hall–Kier alpha value is -2.52. The van der Waals surface area contributed by atoms with E-state index in [-0.39, 0.29) is 5.56 Å². The summed E-state index contributed by atoms with van der Waals surface area (Å²) in [5.41, 5.74) is 3.02. The summed E-state index contributed by atoms with van der Waals surface area (Å²) in [7, 11) is 0. The molecule has 2 aromatic heterocycles. The predicted molar refractivity (Wildman–Crippen MR) is 72.0 cm³/mol. The topological polar surface area (TPSA) is 83.6 Å². The molecule has 0 radical (unpaired) electrons. The van der Waals surface area contributed by atoms with Gasteiger partial charge in [0.2, 0.25) is 0 Å². The van der Waals surface area contributed by atoms with E-state index in [2.05, 4.69) is 15.4 Å². The molecule has 0 spiro atoms. The zero-order valence-corrected chi connectivity index (χ0v) is 10.8. The van der Waals surface area contributed by atoms with Crippen LogP contribution in [-0.2, 0) is 19.5 Å². The maximum atomic E-state index is 12.0. The smallest absolute Gasteiger partial charge is 0.267 e. The molecule has 0 unspecified atom stereocenters. The summed E-state index contributed by atoms with van der Waals surface area (Å²) in [4.78, 5) is 16.0. The van der Waals surface area contributed by atoms with Gasteiger partial charge >= 0.3 is 0 Å². The summed E-state index contributed by atoms with van der Waals surface area (Å²) in [6, 6.07) is 7.09. The van der Waals surface area contributed by atoms with E-state index in [1.54, 1.807) is 24.4 Å². The van der Waals surface area contributed by atoms with E-state index in [0.717, 1.165) is 29.8 Å². The van der Waals surface area contributed by atoms with Crippen LogP contribution in [0.3, 0.4) is 0 Å². The fourth-order valence-corrected chi connectivity index (χ4v) is 2.28. The van der Waals surface area contributed by atoms with Gasteiger partial charge in [-0.15, -0.1) is 0 Å². The SMILES string of the molecule is N#Cc1cc(Cn2nc3c(cc2=O)CNCC3)ccn1. The third kappa shape index (κ3) is 2.44. The second kappa shape index (κ2) is 5.23. The minimum absolute atomic E-state index is 0.122. The first-order valence-electron chi connectivity index (χ1n) is 6.42. The molecule has 6 heteroatoms. The lowest BCUT2D eigenvalue weighted by Crippen LogP contribution is -2.31. The third-order valence-electron chi connectivity index (χ3n) is 3.29. The van der Waals surface area contributed by atoms with Crippen LogP contribution in [0.2, 0.25) is 0 Å². The monoisotopic (exact) mass is 267 g/mol. The Labute approximate surface area is 115 Å². The van der Waals surface area contributed by atoms with E-state index in [0.29, 0.717) is 18.8 Å². The molecule has 0 saturated carbocycles. The van der Waals surface area contributed by atoms with Crippen LogP contribution in [0.15, 0.2) is 29.2 Å². The van der Waals surface area contributed by atoms with Crippen molar-refractivity contribution in [2.45, 2.75) is 19.5 Å². The van der Waals surface area contributed by atoms with Crippen LogP contribution in [0.1, 0.15) is 22.5 Å². The van der Waals surface area contributed by atoms with Gasteiger partial charge in [0, 0.05) is 31.8 Å². The van der Waals surface area contributed by atoms with Gasteiger partial charge in [0.1, 0.15) is 11.8 Å². The van der Waals surface area contributed by atoms with Crippen molar-refractivity contribution in [2.75, 3.05) is 6.54 Å². The lowest BCUT2D eigenvalue weighted by Gasteiger charge is -2.17. The van der Waals surface area contributed by atoms with Gasteiger partial charge in [-0.25, -0.2) is 9.67 Å². The third-order valence-corrected chi connectivity index (χ3v) is 3.29.